The standard InChI is InChI=1S/C19H17F4NO3/c1-11-2-5-13(8-15(11)19(21,22)23)24-16-9-18(26,17(16)25)10-27-14-6-3-12(20)4-7-14/h2-8,16,24,26H,9-10H2,1H3/t16?,18-/m0/s1. The van der Waals surface area contributed by atoms with Gasteiger partial charge in [0, 0.05) is 12.1 Å². The molecule has 0 aromatic heterocycles. The first-order valence-electron chi connectivity index (χ1n) is 8.18. The molecule has 1 fully saturated rings. The summed E-state index contributed by atoms with van der Waals surface area (Å²) in [4.78, 5) is 12.2. The van der Waals surface area contributed by atoms with Crippen molar-refractivity contribution in [1.82, 2.24) is 0 Å². The lowest BCUT2D eigenvalue weighted by Gasteiger charge is -2.41. The van der Waals surface area contributed by atoms with Gasteiger partial charge in [-0.15, -0.1) is 0 Å². The van der Waals surface area contributed by atoms with Crippen molar-refractivity contribution in [2.75, 3.05) is 11.9 Å². The Morgan fingerprint density at radius 2 is 1.89 bits per heavy atom. The first-order chi connectivity index (χ1) is 12.6. The van der Waals surface area contributed by atoms with Gasteiger partial charge in [0.05, 0.1) is 11.6 Å². The van der Waals surface area contributed by atoms with Gasteiger partial charge in [0.25, 0.3) is 0 Å². The second-order valence-corrected chi connectivity index (χ2v) is 6.57. The quantitative estimate of drug-likeness (QED) is 0.773. The SMILES string of the molecule is Cc1ccc(NC2C[C@](O)(COc3ccc(F)cc3)C2=O)cc1C(F)(F)F. The Kier molecular flexibility index (Phi) is 4.86. The molecular formula is C19H17F4NO3. The molecule has 2 aromatic rings. The zero-order valence-corrected chi connectivity index (χ0v) is 14.3. The molecule has 1 unspecified atom stereocenters. The second kappa shape index (κ2) is 6.84. The predicted octanol–water partition coefficient (Wildman–Crippen LogP) is 3.72. The summed E-state index contributed by atoms with van der Waals surface area (Å²) < 4.78 is 57.1. The third-order valence-electron chi connectivity index (χ3n) is 4.49. The molecule has 0 aliphatic heterocycles. The fourth-order valence-electron chi connectivity index (χ4n) is 2.92. The molecular weight excluding hydrogens is 366 g/mol. The molecule has 3 rings (SSSR count). The van der Waals surface area contributed by atoms with Gasteiger partial charge in [-0.05, 0) is 48.9 Å². The summed E-state index contributed by atoms with van der Waals surface area (Å²) >= 11 is 0. The Hall–Kier alpha value is -2.61. The van der Waals surface area contributed by atoms with Gasteiger partial charge in [0.2, 0.25) is 0 Å². The Morgan fingerprint density at radius 3 is 2.48 bits per heavy atom. The number of carbonyl (C=O) groups is 1. The lowest BCUT2D eigenvalue weighted by Crippen LogP contribution is -2.64. The predicted molar refractivity (Wildman–Crippen MR) is 90.1 cm³/mol. The smallest absolute Gasteiger partial charge is 0.416 e. The van der Waals surface area contributed by atoms with Crippen molar-refractivity contribution in [3.8, 4) is 5.75 Å². The van der Waals surface area contributed by atoms with Gasteiger partial charge in [0.1, 0.15) is 18.2 Å². The Bertz CT molecular complexity index is 851. The molecule has 2 atom stereocenters. The number of nitrogens with one attached hydrogen (secondary N) is 1. The number of rotatable bonds is 5. The molecule has 0 bridgehead atoms. The van der Waals surface area contributed by atoms with Crippen molar-refractivity contribution in [1.29, 1.82) is 0 Å². The van der Waals surface area contributed by atoms with E-state index in [9.17, 15) is 27.5 Å². The maximum absolute atomic E-state index is 13.0. The van der Waals surface area contributed by atoms with Crippen LogP contribution >= 0.6 is 0 Å². The van der Waals surface area contributed by atoms with E-state index in [-0.39, 0.29) is 24.3 Å². The van der Waals surface area contributed by atoms with Crippen LogP contribution in [-0.2, 0) is 11.0 Å². The molecule has 2 aromatic carbocycles. The summed E-state index contributed by atoms with van der Waals surface area (Å²) in [6.07, 6.45) is -4.50. The van der Waals surface area contributed by atoms with Crippen LogP contribution in [0.2, 0.25) is 0 Å². The average molecular weight is 383 g/mol. The number of hydrogen-bond acceptors (Lipinski definition) is 4. The molecule has 8 heteroatoms. The zero-order chi connectivity index (χ0) is 19.8. The Balaban J connectivity index is 1.61. The fraction of sp³-hybridized carbons (Fsp3) is 0.316. The number of anilines is 1. The number of ketones is 1. The van der Waals surface area contributed by atoms with Crippen molar-refractivity contribution >= 4 is 11.5 Å². The number of ether oxygens (including phenoxy) is 1. The highest BCUT2D eigenvalue weighted by molar-refractivity contribution is 6.00. The van der Waals surface area contributed by atoms with Crippen LogP contribution in [0.5, 0.6) is 5.75 Å². The number of carbonyl (C=O) groups excluding carboxylic acids is 1. The van der Waals surface area contributed by atoms with Gasteiger partial charge in [-0.3, -0.25) is 4.79 Å². The van der Waals surface area contributed by atoms with E-state index in [4.69, 9.17) is 4.74 Å². The molecule has 0 saturated heterocycles. The van der Waals surface area contributed by atoms with E-state index < -0.39 is 35.0 Å². The Morgan fingerprint density at radius 1 is 1.22 bits per heavy atom. The summed E-state index contributed by atoms with van der Waals surface area (Å²) in [5, 5.41) is 13.0. The molecule has 1 aliphatic carbocycles. The largest absolute Gasteiger partial charge is 0.490 e. The second-order valence-electron chi connectivity index (χ2n) is 6.57. The van der Waals surface area contributed by atoms with Crippen LogP contribution in [0.25, 0.3) is 0 Å². The van der Waals surface area contributed by atoms with E-state index >= 15 is 0 Å². The minimum absolute atomic E-state index is 0.0117. The maximum Gasteiger partial charge on any atom is 0.416 e. The van der Waals surface area contributed by atoms with Gasteiger partial charge in [-0.25, -0.2) is 4.39 Å². The molecule has 1 saturated carbocycles. The van der Waals surface area contributed by atoms with Crippen molar-refractivity contribution in [2.45, 2.75) is 31.2 Å². The minimum atomic E-state index is -4.49. The monoisotopic (exact) mass is 383 g/mol. The van der Waals surface area contributed by atoms with Crippen LogP contribution in [0.3, 0.4) is 0 Å². The van der Waals surface area contributed by atoms with Crippen LogP contribution in [0, 0.1) is 12.7 Å². The number of Topliss-reactive ketones (excluding diaryl/α,β-unsaturated/α-hetero) is 1. The van der Waals surface area contributed by atoms with Gasteiger partial charge < -0.3 is 15.2 Å². The first kappa shape index (κ1) is 19.2. The lowest BCUT2D eigenvalue weighted by molar-refractivity contribution is -0.156. The van der Waals surface area contributed by atoms with Crippen LogP contribution < -0.4 is 10.1 Å². The number of benzene rings is 2. The molecule has 1 aliphatic rings. The molecule has 0 spiro atoms. The number of alkyl halides is 3. The topological polar surface area (TPSA) is 58.6 Å². The molecule has 0 heterocycles. The highest BCUT2D eigenvalue weighted by Crippen LogP contribution is 2.36. The Labute approximate surface area is 152 Å². The van der Waals surface area contributed by atoms with Crippen LogP contribution in [0.1, 0.15) is 17.5 Å². The summed E-state index contributed by atoms with van der Waals surface area (Å²) in [6, 6.07) is 7.99. The number of aryl methyl sites for hydroxylation is 1. The number of hydrogen-bond donors (Lipinski definition) is 2. The van der Waals surface area contributed by atoms with Crippen molar-refractivity contribution in [3.63, 3.8) is 0 Å². The molecule has 4 nitrogen and oxygen atoms in total. The normalized spacial score (nSPS) is 22.3. The summed E-state index contributed by atoms with van der Waals surface area (Å²) in [6.45, 7) is 1.03. The van der Waals surface area contributed by atoms with Gasteiger partial charge >= 0.3 is 6.18 Å². The van der Waals surface area contributed by atoms with Crippen LogP contribution in [0.15, 0.2) is 42.5 Å². The van der Waals surface area contributed by atoms with E-state index in [1.54, 1.807) is 0 Å². The zero-order valence-electron chi connectivity index (χ0n) is 14.3. The van der Waals surface area contributed by atoms with Crippen LogP contribution in [-0.4, -0.2) is 29.1 Å². The fourth-order valence-corrected chi connectivity index (χ4v) is 2.92. The third kappa shape index (κ3) is 4.05. The molecule has 27 heavy (non-hydrogen) atoms. The van der Waals surface area contributed by atoms with E-state index in [1.165, 1.54) is 43.3 Å². The van der Waals surface area contributed by atoms with Gasteiger partial charge in [0.15, 0.2) is 11.4 Å². The summed E-state index contributed by atoms with van der Waals surface area (Å²) in [5.74, 6) is -0.720. The first-order valence-corrected chi connectivity index (χ1v) is 8.18. The summed E-state index contributed by atoms with van der Waals surface area (Å²) in [5.41, 5.74) is -2.29. The van der Waals surface area contributed by atoms with Crippen molar-refractivity contribution in [3.05, 3.63) is 59.4 Å². The maximum atomic E-state index is 13.0. The highest BCUT2D eigenvalue weighted by atomic mass is 19.4. The third-order valence-corrected chi connectivity index (χ3v) is 4.49. The van der Waals surface area contributed by atoms with Gasteiger partial charge in [-0.1, -0.05) is 6.07 Å². The lowest BCUT2D eigenvalue weighted by atomic mass is 9.74. The molecule has 0 amide bonds. The number of halogens is 4. The minimum Gasteiger partial charge on any atom is -0.490 e. The molecule has 0 radical (unpaired) electrons. The van der Waals surface area contributed by atoms with E-state index in [2.05, 4.69) is 5.32 Å². The number of aliphatic hydroxyl groups is 1. The van der Waals surface area contributed by atoms with Crippen molar-refractivity contribution in [2.24, 2.45) is 0 Å². The highest BCUT2D eigenvalue weighted by Gasteiger charge is 2.53. The van der Waals surface area contributed by atoms with E-state index in [1.807, 2.05) is 0 Å². The molecule has 144 valence electrons. The van der Waals surface area contributed by atoms with E-state index in [0.29, 0.717) is 5.75 Å². The summed E-state index contributed by atoms with van der Waals surface area (Å²) in [7, 11) is 0. The van der Waals surface area contributed by atoms with E-state index in [0.717, 1.165) is 6.07 Å². The van der Waals surface area contributed by atoms with Crippen molar-refractivity contribution < 1.29 is 32.2 Å². The average Bonchev–Trinajstić information content (AvgIpc) is 2.61. The van der Waals surface area contributed by atoms with Crippen LogP contribution in [0.4, 0.5) is 23.2 Å². The van der Waals surface area contributed by atoms with Gasteiger partial charge in [-0.2, -0.15) is 13.2 Å². The molecule has 2 N–H and O–H groups in total.